The average molecular weight is 336 g/mol. The van der Waals surface area contributed by atoms with E-state index in [2.05, 4.69) is 10.6 Å². The summed E-state index contributed by atoms with van der Waals surface area (Å²) in [5.41, 5.74) is 3.06. The van der Waals surface area contributed by atoms with Crippen molar-refractivity contribution in [3.63, 3.8) is 0 Å². The van der Waals surface area contributed by atoms with Gasteiger partial charge in [-0.1, -0.05) is 18.2 Å². The van der Waals surface area contributed by atoms with Crippen LogP contribution in [0, 0.1) is 6.92 Å². The maximum absolute atomic E-state index is 12.2. The summed E-state index contributed by atoms with van der Waals surface area (Å²) in [7, 11) is 0. The molecule has 0 atom stereocenters. The number of anilines is 2. The van der Waals surface area contributed by atoms with Crippen LogP contribution in [0.25, 0.3) is 0 Å². The SMILES string of the molecule is CC(=O)c1ccc(NC(=O)/C(C)=C\C(=O)Nc2ccccc2C)cc1. The molecule has 0 aliphatic rings. The summed E-state index contributed by atoms with van der Waals surface area (Å²) in [5, 5.41) is 5.44. The van der Waals surface area contributed by atoms with Crippen LogP contribution in [0.15, 0.2) is 60.2 Å². The smallest absolute Gasteiger partial charge is 0.251 e. The lowest BCUT2D eigenvalue weighted by Crippen LogP contribution is -2.16. The first-order valence-corrected chi connectivity index (χ1v) is 7.84. The number of nitrogens with one attached hydrogen (secondary N) is 2. The predicted octanol–water partition coefficient (Wildman–Crippen LogP) is 3.72. The van der Waals surface area contributed by atoms with Crippen LogP contribution in [0.5, 0.6) is 0 Å². The van der Waals surface area contributed by atoms with Gasteiger partial charge in [-0.3, -0.25) is 14.4 Å². The molecule has 128 valence electrons. The van der Waals surface area contributed by atoms with Gasteiger partial charge in [-0.05, 0) is 56.7 Å². The number of carbonyl (C=O) groups excluding carboxylic acids is 3. The van der Waals surface area contributed by atoms with Crippen LogP contribution in [0.3, 0.4) is 0 Å². The summed E-state index contributed by atoms with van der Waals surface area (Å²) in [6.45, 7) is 4.94. The third-order valence-electron chi connectivity index (χ3n) is 3.66. The fourth-order valence-corrected chi connectivity index (χ4v) is 2.16. The number of benzene rings is 2. The molecule has 0 saturated heterocycles. The zero-order chi connectivity index (χ0) is 18.4. The molecule has 0 aliphatic carbocycles. The van der Waals surface area contributed by atoms with Crippen LogP contribution in [-0.4, -0.2) is 17.6 Å². The van der Waals surface area contributed by atoms with Crippen LogP contribution in [0.2, 0.25) is 0 Å². The Balaban J connectivity index is 2.00. The molecule has 0 unspecified atom stereocenters. The Kier molecular flexibility index (Phi) is 5.84. The minimum Gasteiger partial charge on any atom is -0.322 e. The van der Waals surface area contributed by atoms with E-state index in [1.165, 1.54) is 13.0 Å². The highest BCUT2D eigenvalue weighted by Crippen LogP contribution is 2.14. The van der Waals surface area contributed by atoms with E-state index in [-0.39, 0.29) is 23.2 Å². The van der Waals surface area contributed by atoms with E-state index in [0.717, 1.165) is 5.56 Å². The van der Waals surface area contributed by atoms with E-state index in [1.807, 2.05) is 25.1 Å². The van der Waals surface area contributed by atoms with Gasteiger partial charge in [0.1, 0.15) is 0 Å². The average Bonchev–Trinajstić information content (AvgIpc) is 2.57. The van der Waals surface area contributed by atoms with Crippen molar-refractivity contribution in [1.29, 1.82) is 0 Å². The van der Waals surface area contributed by atoms with Crippen LogP contribution in [0.1, 0.15) is 29.8 Å². The molecule has 5 heteroatoms. The number of hydrogen-bond acceptors (Lipinski definition) is 3. The molecular weight excluding hydrogens is 316 g/mol. The molecule has 0 aromatic heterocycles. The highest BCUT2D eigenvalue weighted by atomic mass is 16.2. The minimum absolute atomic E-state index is 0.0400. The number of amides is 2. The van der Waals surface area contributed by atoms with Gasteiger partial charge in [0.2, 0.25) is 5.91 Å². The predicted molar refractivity (Wildman–Crippen MR) is 98.6 cm³/mol. The lowest BCUT2D eigenvalue weighted by Gasteiger charge is -2.08. The second-order valence-electron chi connectivity index (χ2n) is 5.72. The van der Waals surface area contributed by atoms with Crippen LogP contribution >= 0.6 is 0 Å². The van der Waals surface area contributed by atoms with Gasteiger partial charge in [0.25, 0.3) is 5.91 Å². The second kappa shape index (κ2) is 8.06. The highest BCUT2D eigenvalue weighted by molar-refractivity contribution is 6.10. The largest absolute Gasteiger partial charge is 0.322 e. The molecule has 25 heavy (non-hydrogen) atoms. The molecule has 2 aromatic rings. The monoisotopic (exact) mass is 336 g/mol. The van der Waals surface area contributed by atoms with Crippen molar-refractivity contribution in [3.05, 3.63) is 71.3 Å². The van der Waals surface area contributed by atoms with Gasteiger partial charge in [-0.15, -0.1) is 0 Å². The van der Waals surface area contributed by atoms with Gasteiger partial charge in [-0.25, -0.2) is 0 Å². The number of aryl methyl sites for hydroxylation is 1. The molecule has 0 radical (unpaired) electrons. The zero-order valence-corrected chi connectivity index (χ0v) is 14.4. The first-order valence-electron chi connectivity index (χ1n) is 7.84. The van der Waals surface area contributed by atoms with Crippen LogP contribution in [-0.2, 0) is 9.59 Å². The van der Waals surface area contributed by atoms with Gasteiger partial charge in [0, 0.05) is 28.6 Å². The molecule has 2 amide bonds. The molecular formula is C20H20N2O3. The normalized spacial score (nSPS) is 10.9. The Hall–Kier alpha value is -3.21. The van der Waals surface area contributed by atoms with Gasteiger partial charge in [0.15, 0.2) is 5.78 Å². The summed E-state index contributed by atoms with van der Waals surface area (Å²) in [4.78, 5) is 35.4. The highest BCUT2D eigenvalue weighted by Gasteiger charge is 2.09. The lowest BCUT2D eigenvalue weighted by atomic mass is 10.1. The fourth-order valence-electron chi connectivity index (χ4n) is 2.16. The topological polar surface area (TPSA) is 75.3 Å². The molecule has 0 heterocycles. The van der Waals surface area contributed by atoms with Crippen molar-refractivity contribution in [1.82, 2.24) is 0 Å². The quantitative estimate of drug-likeness (QED) is 0.645. The summed E-state index contributed by atoms with van der Waals surface area (Å²) >= 11 is 0. The van der Waals surface area contributed by atoms with E-state index in [9.17, 15) is 14.4 Å². The summed E-state index contributed by atoms with van der Waals surface area (Å²) in [6.07, 6.45) is 1.26. The molecule has 0 saturated carbocycles. The molecule has 2 aromatic carbocycles. The van der Waals surface area contributed by atoms with Gasteiger partial charge in [-0.2, -0.15) is 0 Å². The van der Waals surface area contributed by atoms with Gasteiger partial charge in [0.05, 0.1) is 0 Å². The molecule has 0 aliphatic heterocycles. The van der Waals surface area contributed by atoms with E-state index in [1.54, 1.807) is 37.3 Å². The first kappa shape index (κ1) is 18.1. The van der Waals surface area contributed by atoms with E-state index < -0.39 is 0 Å². The van der Waals surface area contributed by atoms with Crippen molar-refractivity contribution in [3.8, 4) is 0 Å². The third kappa shape index (κ3) is 5.14. The molecule has 2 rings (SSSR count). The van der Waals surface area contributed by atoms with Crippen molar-refractivity contribution in [2.24, 2.45) is 0 Å². The standard InChI is InChI=1S/C20H20N2O3/c1-13-6-4-5-7-18(13)22-19(24)12-14(2)20(25)21-17-10-8-16(9-11-17)15(3)23/h4-12H,1-3H3,(H,21,25)(H,22,24)/b14-12-. The molecule has 2 N–H and O–H groups in total. The number of Topliss-reactive ketones (excluding diaryl/α,β-unsaturated/α-hetero) is 1. The van der Waals surface area contributed by atoms with Crippen molar-refractivity contribution < 1.29 is 14.4 Å². The van der Waals surface area contributed by atoms with Crippen LogP contribution < -0.4 is 10.6 Å². The minimum atomic E-state index is -0.379. The van der Waals surface area contributed by atoms with Gasteiger partial charge >= 0.3 is 0 Å². The van der Waals surface area contributed by atoms with Crippen molar-refractivity contribution >= 4 is 29.0 Å². The Labute approximate surface area is 146 Å². The van der Waals surface area contributed by atoms with Crippen molar-refractivity contribution in [2.45, 2.75) is 20.8 Å². The second-order valence-corrected chi connectivity index (χ2v) is 5.72. The number of para-hydroxylation sites is 1. The summed E-state index contributed by atoms with van der Waals surface area (Å²) in [6, 6.07) is 14.0. The molecule has 0 bridgehead atoms. The van der Waals surface area contributed by atoms with E-state index in [4.69, 9.17) is 0 Å². The number of carbonyl (C=O) groups is 3. The lowest BCUT2D eigenvalue weighted by molar-refractivity contribution is -0.114. The molecule has 0 fully saturated rings. The summed E-state index contributed by atoms with van der Waals surface area (Å²) in [5.74, 6) is -0.786. The van der Waals surface area contributed by atoms with Crippen LogP contribution in [0.4, 0.5) is 11.4 Å². The number of rotatable bonds is 5. The third-order valence-corrected chi connectivity index (χ3v) is 3.66. The first-order chi connectivity index (χ1) is 11.9. The Morgan fingerprint density at radius 2 is 1.52 bits per heavy atom. The maximum Gasteiger partial charge on any atom is 0.251 e. The Bertz CT molecular complexity index is 836. The zero-order valence-electron chi connectivity index (χ0n) is 14.4. The Morgan fingerprint density at radius 3 is 2.12 bits per heavy atom. The maximum atomic E-state index is 12.2. The number of hydrogen-bond donors (Lipinski definition) is 2. The number of ketones is 1. The van der Waals surface area contributed by atoms with Gasteiger partial charge < -0.3 is 10.6 Å². The fraction of sp³-hybridized carbons (Fsp3) is 0.150. The Morgan fingerprint density at radius 1 is 0.880 bits per heavy atom. The molecule has 0 spiro atoms. The molecule has 5 nitrogen and oxygen atoms in total. The van der Waals surface area contributed by atoms with E-state index in [0.29, 0.717) is 16.9 Å². The van der Waals surface area contributed by atoms with Crippen molar-refractivity contribution in [2.75, 3.05) is 10.6 Å². The summed E-state index contributed by atoms with van der Waals surface area (Å²) < 4.78 is 0. The van der Waals surface area contributed by atoms with E-state index >= 15 is 0 Å².